The molecule has 0 bridgehead atoms. The topological polar surface area (TPSA) is 130 Å². The molecule has 210 valence electrons. The Morgan fingerprint density at radius 2 is 1.00 bits per heavy atom. The molecule has 0 fully saturated rings. The van der Waals surface area contributed by atoms with E-state index in [4.69, 9.17) is 20.4 Å². The molecule has 0 aliphatic rings. The average molecular weight is 505 g/mol. The van der Waals surface area contributed by atoms with E-state index in [1.807, 2.05) is 0 Å². The summed E-state index contributed by atoms with van der Waals surface area (Å²) in [7, 11) is 0. The first-order valence-electron chi connectivity index (χ1n) is 14.0. The van der Waals surface area contributed by atoms with E-state index < -0.39 is 12.0 Å². The third-order valence-electron chi connectivity index (χ3n) is 6.00. The third kappa shape index (κ3) is 28.9. The zero-order valence-corrected chi connectivity index (χ0v) is 22.7. The molecule has 0 aromatic carbocycles. The number of nitrogens with one attached hydrogen (secondary N) is 1. The van der Waals surface area contributed by atoms with Crippen molar-refractivity contribution < 1.29 is 30.0 Å². The zero-order chi connectivity index (χ0) is 26.6. The van der Waals surface area contributed by atoms with E-state index in [-0.39, 0.29) is 25.7 Å². The second-order valence-corrected chi connectivity index (χ2v) is 9.34. The molecule has 0 aromatic heterocycles. The second kappa shape index (κ2) is 29.0. The molecule has 8 heteroatoms. The molecule has 0 heterocycles. The van der Waals surface area contributed by atoms with Gasteiger partial charge in [-0.3, -0.25) is 14.5 Å². The lowest BCUT2D eigenvalue weighted by Gasteiger charge is -2.17. The molecular weight excluding hydrogens is 448 g/mol. The van der Waals surface area contributed by atoms with Crippen LogP contribution < -0.4 is 5.32 Å². The van der Waals surface area contributed by atoms with Crippen LogP contribution in [0.4, 0.5) is 0 Å². The Balaban J connectivity index is 0. The fraction of sp³-hybridized carbons (Fsp3) is 0.926. The predicted molar refractivity (Wildman–Crippen MR) is 142 cm³/mol. The molecule has 0 aromatic rings. The molecule has 35 heavy (non-hydrogen) atoms. The van der Waals surface area contributed by atoms with Crippen LogP contribution in [-0.2, 0) is 9.59 Å². The van der Waals surface area contributed by atoms with Crippen molar-refractivity contribution in [2.45, 2.75) is 123 Å². The summed E-state index contributed by atoms with van der Waals surface area (Å²) in [5.74, 6) is -1.13. The Morgan fingerprint density at radius 1 is 0.657 bits per heavy atom. The van der Waals surface area contributed by atoms with E-state index in [0.717, 1.165) is 12.8 Å². The molecule has 8 nitrogen and oxygen atoms in total. The molecule has 0 radical (unpaired) electrons. The number of aliphatic hydroxyl groups is 3. The summed E-state index contributed by atoms with van der Waals surface area (Å²) >= 11 is 0. The van der Waals surface area contributed by atoms with Crippen molar-refractivity contribution in [2.24, 2.45) is 0 Å². The minimum atomic E-state index is -0.982. The number of nitrogens with zero attached hydrogens (tertiary/aromatic N) is 1. The number of unbranched alkanes of at least 4 members (excludes halogenated alkanes) is 14. The van der Waals surface area contributed by atoms with Crippen LogP contribution in [0.25, 0.3) is 0 Å². The highest BCUT2D eigenvalue weighted by Crippen LogP contribution is 2.13. The van der Waals surface area contributed by atoms with E-state index in [9.17, 15) is 9.59 Å². The van der Waals surface area contributed by atoms with Gasteiger partial charge in [-0.05, 0) is 13.3 Å². The van der Waals surface area contributed by atoms with Crippen LogP contribution in [0, 0.1) is 0 Å². The number of hydrogen-bond acceptors (Lipinski definition) is 6. The summed E-state index contributed by atoms with van der Waals surface area (Å²) in [5, 5.41) is 36.7. The van der Waals surface area contributed by atoms with Gasteiger partial charge in [0.25, 0.3) is 0 Å². The molecule has 5 N–H and O–H groups in total. The number of rotatable bonds is 24. The van der Waals surface area contributed by atoms with Crippen molar-refractivity contribution in [1.82, 2.24) is 10.2 Å². The highest BCUT2D eigenvalue weighted by Gasteiger charge is 2.13. The summed E-state index contributed by atoms with van der Waals surface area (Å²) in [4.78, 5) is 23.9. The number of carboxylic acid groups (broad SMARTS) is 1. The summed E-state index contributed by atoms with van der Waals surface area (Å²) in [5.41, 5.74) is 0. The molecule has 0 aliphatic heterocycles. The number of amides is 1. The second-order valence-electron chi connectivity index (χ2n) is 9.34. The zero-order valence-electron chi connectivity index (χ0n) is 22.7. The Labute approximate surface area is 214 Å². The molecule has 0 saturated carbocycles. The van der Waals surface area contributed by atoms with Gasteiger partial charge in [-0.25, -0.2) is 0 Å². The van der Waals surface area contributed by atoms with E-state index >= 15 is 0 Å². The molecule has 0 spiro atoms. The van der Waals surface area contributed by atoms with Crippen molar-refractivity contribution in [1.29, 1.82) is 0 Å². The van der Waals surface area contributed by atoms with Crippen molar-refractivity contribution in [2.75, 3.05) is 39.5 Å². The third-order valence-corrected chi connectivity index (χ3v) is 6.00. The Morgan fingerprint density at radius 3 is 1.31 bits per heavy atom. The maximum absolute atomic E-state index is 11.5. The molecule has 1 atom stereocenters. The number of hydrogen-bond donors (Lipinski definition) is 5. The first-order valence-corrected chi connectivity index (χ1v) is 14.0. The standard InChI is InChI=1S/C21H41NO3.C6H15NO3/c1-3-4-5-6-7-8-9-10-11-12-13-14-15-16-17-18-20(23)22-19(2)21(24)25;8-4-1-7(2-5-9)3-6-10/h19H,3-18H2,1-2H3,(H,22,23)(H,24,25);8-10H,1-6H2. The normalized spacial score (nSPS) is 11.7. The maximum Gasteiger partial charge on any atom is 0.325 e. The maximum atomic E-state index is 11.5. The number of carbonyl (C=O) groups is 2. The Bertz CT molecular complexity index is 451. The van der Waals surface area contributed by atoms with Gasteiger partial charge in [0.2, 0.25) is 5.91 Å². The van der Waals surface area contributed by atoms with Gasteiger partial charge in [0.1, 0.15) is 6.04 Å². The van der Waals surface area contributed by atoms with Crippen LogP contribution in [0.3, 0.4) is 0 Å². The summed E-state index contributed by atoms with van der Waals surface area (Å²) < 4.78 is 0. The van der Waals surface area contributed by atoms with Gasteiger partial charge in [0.05, 0.1) is 19.8 Å². The fourth-order valence-electron chi connectivity index (χ4n) is 3.79. The first-order chi connectivity index (χ1) is 16.9. The van der Waals surface area contributed by atoms with Gasteiger partial charge in [-0.15, -0.1) is 0 Å². The lowest BCUT2D eigenvalue weighted by Crippen LogP contribution is -2.38. The minimum absolute atomic E-state index is 0.0694. The van der Waals surface area contributed by atoms with Crippen molar-refractivity contribution in [3.8, 4) is 0 Å². The van der Waals surface area contributed by atoms with Crippen LogP contribution in [0.2, 0.25) is 0 Å². The molecule has 1 amide bonds. The summed E-state index contributed by atoms with van der Waals surface area (Å²) in [6.07, 6.45) is 20.0. The van der Waals surface area contributed by atoms with Gasteiger partial charge in [-0.1, -0.05) is 96.8 Å². The molecule has 0 saturated heterocycles. The lowest BCUT2D eigenvalue weighted by molar-refractivity contribution is -0.141. The minimum Gasteiger partial charge on any atom is -0.480 e. The first kappa shape index (κ1) is 35.9. The fourth-order valence-corrected chi connectivity index (χ4v) is 3.79. The van der Waals surface area contributed by atoms with Gasteiger partial charge in [0, 0.05) is 26.1 Å². The van der Waals surface area contributed by atoms with Gasteiger partial charge in [0.15, 0.2) is 0 Å². The van der Waals surface area contributed by atoms with Crippen molar-refractivity contribution in [3.63, 3.8) is 0 Å². The predicted octanol–water partition coefficient (Wildman–Crippen LogP) is 4.10. The molecule has 0 aliphatic carbocycles. The molecule has 0 rings (SSSR count). The van der Waals surface area contributed by atoms with E-state index in [2.05, 4.69) is 12.2 Å². The van der Waals surface area contributed by atoms with Crippen LogP contribution in [0.15, 0.2) is 0 Å². The highest BCUT2D eigenvalue weighted by molar-refractivity contribution is 5.83. The smallest absolute Gasteiger partial charge is 0.325 e. The van der Waals surface area contributed by atoms with Crippen LogP contribution >= 0.6 is 0 Å². The summed E-state index contributed by atoms with van der Waals surface area (Å²) in [6.45, 7) is 5.51. The Hall–Kier alpha value is -1.22. The quantitative estimate of drug-likeness (QED) is 0.125. The van der Waals surface area contributed by atoms with Crippen LogP contribution in [-0.4, -0.2) is 82.7 Å². The van der Waals surface area contributed by atoms with Crippen molar-refractivity contribution >= 4 is 11.9 Å². The van der Waals surface area contributed by atoms with Crippen LogP contribution in [0.1, 0.15) is 117 Å². The Kier molecular flexibility index (Phi) is 29.8. The number of aliphatic hydroxyl groups excluding tert-OH is 3. The lowest BCUT2D eigenvalue weighted by atomic mass is 10.0. The van der Waals surface area contributed by atoms with E-state index in [1.54, 1.807) is 4.90 Å². The van der Waals surface area contributed by atoms with E-state index in [1.165, 1.54) is 90.4 Å². The van der Waals surface area contributed by atoms with Crippen molar-refractivity contribution in [3.05, 3.63) is 0 Å². The number of aliphatic carboxylic acids is 1. The number of carbonyl (C=O) groups excluding carboxylic acids is 1. The van der Waals surface area contributed by atoms with Gasteiger partial charge >= 0.3 is 5.97 Å². The summed E-state index contributed by atoms with van der Waals surface area (Å²) in [6, 6.07) is -0.788. The average Bonchev–Trinajstić information content (AvgIpc) is 2.82. The molecular formula is C27H56N2O6. The van der Waals surface area contributed by atoms with Gasteiger partial charge in [-0.2, -0.15) is 0 Å². The largest absolute Gasteiger partial charge is 0.480 e. The molecule has 1 unspecified atom stereocenters. The monoisotopic (exact) mass is 504 g/mol. The van der Waals surface area contributed by atoms with E-state index in [0.29, 0.717) is 26.1 Å². The number of carboxylic acids is 1. The van der Waals surface area contributed by atoms with Crippen LogP contribution in [0.5, 0.6) is 0 Å². The highest BCUT2D eigenvalue weighted by atomic mass is 16.4. The SMILES string of the molecule is CCCCCCCCCCCCCCCCCC(=O)NC(C)C(=O)O.OCCN(CCO)CCO. The van der Waals surface area contributed by atoms with Gasteiger partial charge < -0.3 is 25.7 Å².